The van der Waals surface area contributed by atoms with Crippen molar-refractivity contribution in [3.8, 4) is 0 Å². The molecule has 0 saturated heterocycles. The first kappa shape index (κ1) is 16.2. The maximum atomic E-state index is 13.1. The summed E-state index contributed by atoms with van der Waals surface area (Å²) in [4.78, 5) is 11.3. The zero-order chi connectivity index (χ0) is 16.3. The lowest BCUT2D eigenvalue weighted by molar-refractivity contribution is -0.120. The molecule has 1 N–H and O–H groups in total. The minimum absolute atomic E-state index is 0.0718. The van der Waals surface area contributed by atoms with Crippen molar-refractivity contribution in [2.75, 3.05) is 0 Å². The standard InChI is InChI=1S/C14H14F2N2O3S/c1-10(18-6-2-3-7-18)8-14(19)17-22(20,21)11-4-5-12(15)13(16)9-11/h2-7,9-10H,8H2,1H3,(H,17,19)/t10-/m1/s1. The number of hydrogen-bond acceptors (Lipinski definition) is 3. The normalized spacial score (nSPS) is 12.9. The Bertz CT molecular complexity index is 773. The van der Waals surface area contributed by atoms with Crippen LogP contribution in [-0.2, 0) is 14.8 Å². The van der Waals surface area contributed by atoms with E-state index >= 15 is 0 Å². The van der Waals surface area contributed by atoms with Crippen LogP contribution in [0, 0.1) is 11.6 Å². The van der Waals surface area contributed by atoms with Gasteiger partial charge in [0, 0.05) is 24.9 Å². The molecule has 0 aliphatic heterocycles. The maximum absolute atomic E-state index is 13.1. The van der Waals surface area contributed by atoms with Crippen LogP contribution in [0.5, 0.6) is 0 Å². The van der Waals surface area contributed by atoms with Gasteiger partial charge in [0.1, 0.15) is 0 Å². The number of aromatic nitrogens is 1. The van der Waals surface area contributed by atoms with Crippen LogP contribution in [0.1, 0.15) is 19.4 Å². The molecule has 0 aliphatic carbocycles. The fourth-order valence-electron chi connectivity index (χ4n) is 1.91. The second-order valence-electron chi connectivity index (χ2n) is 4.79. The van der Waals surface area contributed by atoms with Crippen molar-refractivity contribution in [3.05, 3.63) is 54.4 Å². The number of carbonyl (C=O) groups excluding carboxylic acids is 1. The smallest absolute Gasteiger partial charge is 0.264 e. The zero-order valence-corrected chi connectivity index (χ0v) is 12.5. The molecule has 1 aromatic carbocycles. The van der Waals surface area contributed by atoms with Crippen LogP contribution in [0.25, 0.3) is 0 Å². The van der Waals surface area contributed by atoms with Gasteiger partial charge in [-0.1, -0.05) is 0 Å². The number of rotatable bonds is 5. The Morgan fingerprint density at radius 3 is 2.45 bits per heavy atom. The minimum atomic E-state index is -4.23. The largest absolute Gasteiger partial charge is 0.351 e. The van der Waals surface area contributed by atoms with Crippen LogP contribution in [0.15, 0.2) is 47.6 Å². The summed E-state index contributed by atoms with van der Waals surface area (Å²) in [7, 11) is -4.23. The van der Waals surface area contributed by atoms with Crippen LogP contribution in [0.4, 0.5) is 8.78 Å². The van der Waals surface area contributed by atoms with Crippen LogP contribution >= 0.6 is 0 Å². The zero-order valence-electron chi connectivity index (χ0n) is 11.7. The topological polar surface area (TPSA) is 68.2 Å². The third-order valence-electron chi connectivity index (χ3n) is 3.07. The van der Waals surface area contributed by atoms with Gasteiger partial charge >= 0.3 is 0 Å². The molecule has 1 amide bonds. The number of nitrogens with one attached hydrogen (secondary N) is 1. The summed E-state index contributed by atoms with van der Waals surface area (Å²) < 4.78 is 53.4. The summed E-state index contributed by atoms with van der Waals surface area (Å²) in [6, 6.07) is 5.44. The maximum Gasteiger partial charge on any atom is 0.264 e. The molecule has 1 heterocycles. The minimum Gasteiger partial charge on any atom is -0.351 e. The molecule has 0 aliphatic rings. The van der Waals surface area contributed by atoms with E-state index in [9.17, 15) is 22.0 Å². The van der Waals surface area contributed by atoms with Gasteiger partial charge in [0.2, 0.25) is 5.91 Å². The second-order valence-corrected chi connectivity index (χ2v) is 6.47. The summed E-state index contributed by atoms with van der Waals surface area (Å²) in [5.74, 6) is -3.19. The van der Waals surface area contributed by atoms with Crippen molar-refractivity contribution in [1.29, 1.82) is 0 Å². The Kier molecular flexibility index (Phi) is 4.60. The first-order valence-electron chi connectivity index (χ1n) is 6.43. The number of sulfonamides is 1. The van der Waals surface area contributed by atoms with Crippen molar-refractivity contribution in [2.24, 2.45) is 0 Å². The van der Waals surface area contributed by atoms with Crippen molar-refractivity contribution < 1.29 is 22.0 Å². The predicted octanol–water partition coefficient (Wildman–Crippen LogP) is 2.22. The number of hydrogen-bond donors (Lipinski definition) is 1. The summed E-state index contributed by atoms with van der Waals surface area (Å²) in [5.41, 5.74) is 0. The van der Waals surface area contributed by atoms with Crippen molar-refractivity contribution in [2.45, 2.75) is 24.3 Å². The molecule has 2 aromatic rings. The van der Waals surface area contributed by atoms with Gasteiger partial charge < -0.3 is 4.57 Å². The summed E-state index contributed by atoms with van der Waals surface area (Å²) in [5, 5.41) is 0. The fourth-order valence-corrected chi connectivity index (χ4v) is 2.92. The molecule has 0 radical (unpaired) electrons. The van der Waals surface area contributed by atoms with Gasteiger partial charge in [-0.2, -0.15) is 0 Å². The van der Waals surface area contributed by atoms with E-state index in [2.05, 4.69) is 0 Å². The highest BCUT2D eigenvalue weighted by molar-refractivity contribution is 7.90. The molecule has 0 spiro atoms. The highest BCUT2D eigenvalue weighted by Crippen LogP contribution is 2.15. The second kappa shape index (κ2) is 6.27. The average molecular weight is 328 g/mol. The highest BCUT2D eigenvalue weighted by atomic mass is 32.2. The molecular weight excluding hydrogens is 314 g/mol. The lowest BCUT2D eigenvalue weighted by atomic mass is 10.2. The van der Waals surface area contributed by atoms with E-state index < -0.39 is 32.5 Å². The molecule has 8 heteroatoms. The third kappa shape index (κ3) is 3.70. The summed E-state index contributed by atoms with van der Waals surface area (Å²) >= 11 is 0. The molecule has 5 nitrogen and oxygen atoms in total. The van der Waals surface area contributed by atoms with Gasteiger partial charge in [-0.15, -0.1) is 0 Å². The lowest BCUT2D eigenvalue weighted by Gasteiger charge is -2.13. The number of amides is 1. The fraction of sp³-hybridized carbons (Fsp3) is 0.214. The first-order valence-corrected chi connectivity index (χ1v) is 7.91. The SMILES string of the molecule is C[C@H](CC(=O)NS(=O)(=O)c1ccc(F)c(F)c1)n1cccc1. The Morgan fingerprint density at radius 2 is 1.86 bits per heavy atom. The quantitative estimate of drug-likeness (QED) is 0.915. The predicted molar refractivity (Wildman–Crippen MR) is 75.4 cm³/mol. The van der Waals surface area contributed by atoms with E-state index in [1.54, 1.807) is 36.0 Å². The number of halogens is 2. The lowest BCUT2D eigenvalue weighted by Crippen LogP contribution is -2.32. The Morgan fingerprint density at radius 1 is 1.23 bits per heavy atom. The molecular formula is C14H14F2N2O3S. The number of benzene rings is 1. The Balaban J connectivity index is 2.08. The average Bonchev–Trinajstić information content (AvgIpc) is 2.95. The molecule has 118 valence electrons. The van der Waals surface area contributed by atoms with E-state index in [1.165, 1.54) is 0 Å². The van der Waals surface area contributed by atoms with Gasteiger partial charge in [0.15, 0.2) is 11.6 Å². The van der Waals surface area contributed by atoms with Crippen LogP contribution in [0.3, 0.4) is 0 Å². The molecule has 0 fully saturated rings. The summed E-state index contributed by atoms with van der Waals surface area (Å²) in [6.45, 7) is 1.75. The van der Waals surface area contributed by atoms with E-state index in [0.717, 1.165) is 6.07 Å². The van der Waals surface area contributed by atoms with Crippen LogP contribution in [-0.4, -0.2) is 18.9 Å². The number of nitrogens with zero attached hydrogens (tertiary/aromatic N) is 1. The van der Waals surface area contributed by atoms with E-state index in [0.29, 0.717) is 12.1 Å². The monoisotopic (exact) mass is 328 g/mol. The molecule has 0 bridgehead atoms. The molecule has 2 rings (SSSR count). The highest BCUT2D eigenvalue weighted by Gasteiger charge is 2.20. The number of carbonyl (C=O) groups is 1. The summed E-state index contributed by atoms with van der Waals surface area (Å²) in [6.07, 6.45) is 3.43. The molecule has 0 saturated carbocycles. The third-order valence-corrected chi connectivity index (χ3v) is 4.44. The molecule has 22 heavy (non-hydrogen) atoms. The van der Waals surface area contributed by atoms with E-state index in [4.69, 9.17) is 0 Å². The van der Waals surface area contributed by atoms with Gasteiger partial charge in [-0.05, 0) is 37.3 Å². The van der Waals surface area contributed by atoms with Crippen LogP contribution < -0.4 is 4.72 Å². The van der Waals surface area contributed by atoms with E-state index in [1.807, 2.05) is 4.72 Å². The molecule has 1 aromatic heterocycles. The van der Waals surface area contributed by atoms with E-state index in [-0.39, 0.29) is 12.5 Å². The van der Waals surface area contributed by atoms with Crippen LogP contribution in [0.2, 0.25) is 0 Å². The van der Waals surface area contributed by atoms with Gasteiger partial charge in [-0.25, -0.2) is 21.9 Å². The Hall–Kier alpha value is -2.22. The Labute approximate surface area is 126 Å². The van der Waals surface area contributed by atoms with Gasteiger partial charge in [0.25, 0.3) is 10.0 Å². The van der Waals surface area contributed by atoms with Crippen molar-refractivity contribution >= 4 is 15.9 Å². The van der Waals surface area contributed by atoms with Crippen molar-refractivity contribution in [3.63, 3.8) is 0 Å². The van der Waals surface area contributed by atoms with Gasteiger partial charge in [-0.3, -0.25) is 4.79 Å². The van der Waals surface area contributed by atoms with Crippen molar-refractivity contribution in [1.82, 2.24) is 9.29 Å². The van der Waals surface area contributed by atoms with Gasteiger partial charge in [0.05, 0.1) is 4.90 Å². The molecule has 1 atom stereocenters. The first-order chi connectivity index (χ1) is 10.3. The molecule has 0 unspecified atom stereocenters.